The quantitative estimate of drug-likeness (QED) is 0.288. The first kappa shape index (κ1) is 34.3. The lowest BCUT2D eigenvalue weighted by Gasteiger charge is -2.47. The summed E-state index contributed by atoms with van der Waals surface area (Å²) in [4.78, 5) is 28.8. The number of cyclic esters (lactones) is 1. The van der Waals surface area contributed by atoms with Crippen molar-refractivity contribution in [2.24, 2.45) is 23.7 Å². The van der Waals surface area contributed by atoms with Gasteiger partial charge in [0.15, 0.2) is 5.72 Å². The topological polar surface area (TPSA) is 167 Å². The highest BCUT2D eigenvalue weighted by Gasteiger charge is 2.66. The van der Waals surface area contributed by atoms with Gasteiger partial charge in [-0.25, -0.2) is 5.32 Å². The molecule has 0 unspecified atom stereocenters. The van der Waals surface area contributed by atoms with E-state index in [4.69, 9.17) is 18.9 Å². The van der Waals surface area contributed by atoms with Crippen molar-refractivity contribution in [3.8, 4) is 0 Å². The fraction of sp³-hybridized carbons (Fsp3) is 0.931. The van der Waals surface area contributed by atoms with Gasteiger partial charge in [0.25, 0.3) is 5.91 Å². The molecule has 0 aromatic rings. The first-order valence-corrected chi connectivity index (χ1v) is 14.8. The molecule has 0 aromatic carbocycles. The fourth-order valence-corrected chi connectivity index (χ4v) is 6.96. The summed E-state index contributed by atoms with van der Waals surface area (Å²) in [6, 6.07) is -0.342. The Hall–Kier alpha value is -1.22. The molecule has 3 heterocycles. The Bertz CT molecular complexity index is 949. The lowest BCUT2D eigenvalue weighted by Crippen LogP contribution is -2.68. The largest absolute Gasteiger partial charge is 0.459 e. The molecule has 3 rings (SSSR count). The maximum atomic E-state index is 13.7. The molecule has 12 nitrogen and oxygen atoms in total. The summed E-state index contributed by atoms with van der Waals surface area (Å²) in [6.45, 7) is 11.4. The van der Waals surface area contributed by atoms with Crippen LogP contribution in [0.5, 0.6) is 0 Å². The summed E-state index contributed by atoms with van der Waals surface area (Å²) in [5, 5.41) is 48.8. The molecule has 5 N–H and O–H groups in total. The summed E-state index contributed by atoms with van der Waals surface area (Å²) < 4.78 is 24.5. The molecule has 41 heavy (non-hydrogen) atoms. The number of methoxy groups -OCH3 is 1. The van der Waals surface area contributed by atoms with Crippen LogP contribution in [0.1, 0.15) is 67.7 Å². The Balaban J connectivity index is 2.14. The molecule has 238 valence electrons. The number of hydrogen-bond donors (Lipinski definition) is 5. The first-order chi connectivity index (χ1) is 18.9. The molecular formula is C29H52N2O10. The predicted molar refractivity (Wildman–Crippen MR) is 148 cm³/mol. The van der Waals surface area contributed by atoms with Crippen molar-refractivity contribution in [2.75, 3.05) is 21.2 Å². The van der Waals surface area contributed by atoms with Gasteiger partial charge in [0.1, 0.15) is 29.7 Å². The standard InChI is InChI=1S/C29H52N2O10/c1-11-20-27(7,37)23(34)16(4)21(32)14(2)13-28(38-10)25(17(5)22(33)18(6)26(36)39-20)41-29(30-28)24(35)19(31(8)9)12-15(3)40-29/h14-20,22-25,30,33-35,37H,11-13H2,1-10H3/t14-,15-,16+,17+,18-,19+,20-,22+,23-,24-,25-,27-,28-,29-/m1/s1. The van der Waals surface area contributed by atoms with E-state index >= 15 is 0 Å². The molecule has 0 saturated carbocycles. The van der Waals surface area contributed by atoms with Gasteiger partial charge in [-0.15, -0.1) is 0 Å². The molecule has 0 radical (unpaired) electrons. The van der Waals surface area contributed by atoms with Crippen LogP contribution in [0.15, 0.2) is 0 Å². The second kappa shape index (κ2) is 12.4. The van der Waals surface area contributed by atoms with E-state index in [1.807, 2.05) is 25.9 Å². The molecule has 12 heteroatoms. The molecule has 3 aliphatic rings. The van der Waals surface area contributed by atoms with Crippen LogP contribution >= 0.6 is 0 Å². The molecule has 14 atom stereocenters. The normalized spacial score (nSPS) is 50.5. The highest BCUT2D eigenvalue weighted by molar-refractivity contribution is 5.83. The number of rotatable bonds is 3. The van der Waals surface area contributed by atoms with Gasteiger partial charge in [0.2, 0.25) is 0 Å². The Labute approximate surface area is 243 Å². The van der Waals surface area contributed by atoms with E-state index in [-0.39, 0.29) is 30.8 Å². The molecule has 3 fully saturated rings. The van der Waals surface area contributed by atoms with Crippen LogP contribution in [0, 0.1) is 23.7 Å². The van der Waals surface area contributed by atoms with E-state index in [0.717, 1.165) is 0 Å². The van der Waals surface area contributed by atoms with Crippen LogP contribution < -0.4 is 5.32 Å². The van der Waals surface area contributed by atoms with Crippen molar-refractivity contribution in [1.82, 2.24) is 10.2 Å². The van der Waals surface area contributed by atoms with Gasteiger partial charge < -0.3 is 44.3 Å². The Morgan fingerprint density at radius 2 is 1.63 bits per heavy atom. The van der Waals surface area contributed by atoms with E-state index < -0.39 is 77.4 Å². The average molecular weight is 589 g/mol. The maximum Gasteiger partial charge on any atom is 0.311 e. The van der Waals surface area contributed by atoms with Gasteiger partial charge in [-0.05, 0) is 47.7 Å². The molecule has 0 aromatic heterocycles. The Kier molecular flexibility index (Phi) is 10.4. The van der Waals surface area contributed by atoms with Gasteiger partial charge in [-0.3, -0.25) is 9.59 Å². The van der Waals surface area contributed by atoms with Crippen molar-refractivity contribution in [3.05, 3.63) is 0 Å². The van der Waals surface area contributed by atoms with Crippen molar-refractivity contribution in [1.29, 1.82) is 0 Å². The van der Waals surface area contributed by atoms with Gasteiger partial charge in [0.05, 0.1) is 24.2 Å². The number of ketones is 1. The second-order valence-corrected chi connectivity index (χ2v) is 13.0. The number of aliphatic hydroxyl groups is 4. The minimum atomic E-state index is -1.93. The highest BCUT2D eigenvalue weighted by Crippen LogP contribution is 2.46. The number of nitrogens with zero attached hydrogens (tertiary/aromatic N) is 1. The molecular weight excluding hydrogens is 536 g/mol. The first-order valence-electron chi connectivity index (χ1n) is 14.8. The van der Waals surface area contributed by atoms with Crippen LogP contribution in [0.4, 0.5) is 0 Å². The Morgan fingerprint density at radius 3 is 2.17 bits per heavy atom. The molecule has 1 spiro atoms. The lowest BCUT2D eigenvalue weighted by atomic mass is 9.76. The minimum Gasteiger partial charge on any atom is -0.459 e. The maximum absolute atomic E-state index is 13.7. The summed E-state index contributed by atoms with van der Waals surface area (Å²) in [5.41, 5.74) is -3.38. The van der Waals surface area contributed by atoms with E-state index in [0.29, 0.717) is 6.42 Å². The van der Waals surface area contributed by atoms with E-state index in [1.165, 1.54) is 27.9 Å². The number of ether oxygens (including phenoxy) is 4. The van der Waals surface area contributed by atoms with Gasteiger partial charge in [-0.1, -0.05) is 27.7 Å². The minimum absolute atomic E-state index is 0.0259. The number of carbonyl (C=O) groups excluding carboxylic acids is 2. The Morgan fingerprint density at radius 1 is 1.02 bits per heavy atom. The number of Topliss-reactive ketones (excluding diaryl/α,β-unsaturated/α-hetero) is 1. The summed E-state index contributed by atoms with van der Waals surface area (Å²) in [5.74, 6) is -6.42. The third-order valence-electron chi connectivity index (χ3n) is 9.68. The highest BCUT2D eigenvalue weighted by atomic mass is 16.8. The number of likely N-dealkylation sites (N-methyl/N-ethyl adjacent to an activating group) is 1. The van der Waals surface area contributed by atoms with Crippen molar-refractivity contribution < 1.29 is 49.0 Å². The smallest absolute Gasteiger partial charge is 0.311 e. The molecule has 3 aliphatic heterocycles. The summed E-state index contributed by atoms with van der Waals surface area (Å²) >= 11 is 0. The van der Waals surface area contributed by atoms with Gasteiger partial charge in [-0.2, -0.15) is 0 Å². The van der Waals surface area contributed by atoms with Crippen LogP contribution in [0.2, 0.25) is 0 Å². The predicted octanol–water partition coefficient (Wildman–Crippen LogP) is 0.383. The average Bonchev–Trinajstić information content (AvgIpc) is 3.24. The van der Waals surface area contributed by atoms with E-state index in [2.05, 4.69) is 5.32 Å². The third-order valence-corrected chi connectivity index (χ3v) is 9.68. The number of carbonyl (C=O) groups is 2. The van der Waals surface area contributed by atoms with Crippen LogP contribution in [0.25, 0.3) is 0 Å². The number of fused-ring (bicyclic) bond motifs is 1. The summed E-state index contributed by atoms with van der Waals surface area (Å²) in [7, 11) is 5.14. The second-order valence-electron chi connectivity index (χ2n) is 13.0. The zero-order chi connectivity index (χ0) is 31.2. The van der Waals surface area contributed by atoms with Crippen molar-refractivity contribution in [3.63, 3.8) is 0 Å². The van der Waals surface area contributed by atoms with E-state index in [1.54, 1.807) is 20.8 Å². The van der Waals surface area contributed by atoms with Gasteiger partial charge >= 0.3 is 5.97 Å². The number of hydrogen-bond acceptors (Lipinski definition) is 12. The number of aliphatic hydroxyl groups excluding tert-OH is 3. The van der Waals surface area contributed by atoms with E-state index in [9.17, 15) is 30.0 Å². The molecule has 3 saturated heterocycles. The van der Waals surface area contributed by atoms with Crippen molar-refractivity contribution >= 4 is 11.8 Å². The molecule has 0 amide bonds. The molecule has 0 aliphatic carbocycles. The number of esters is 1. The van der Waals surface area contributed by atoms with Crippen LogP contribution in [-0.2, 0) is 28.5 Å². The zero-order valence-electron chi connectivity index (χ0n) is 26.2. The third kappa shape index (κ3) is 6.09. The van der Waals surface area contributed by atoms with Crippen LogP contribution in [0.3, 0.4) is 0 Å². The number of nitrogens with one attached hydrogen (secondary N) is 1. The fourth-order valence-electron chi connectivity index (χ4n) is 6.96. The lowest BCUT2D eigenvalue weighted by molar-refractivity contribution is -0.335. The SMILES string of the molecule is CC[C@H]1OC(=O)[C@H](C)[C@@H](O)[C@H](C)[C@H]2O[C@]3(N[C@@]2(OC)C[C@@H](C)C(=O)[C@H](C)[C@@H](O)[C@]1(C)O)O[C@H](C)C[C@H](N(C)C)[C@H]3O. The monoisotopic (exact) mass is 588 g/mol. The van der Waals surface area contributed by atoms with Crippen LogP contribution in [-0.4, -0.2) is 118 Å². The zero-order valence-corrected chi connectivity index (χ0v) is 26.2. The molecule has 0 bridgehead atoms. The van der Waals surface area contributed by atoms with Gasteiger partial charge in [0, 0.05) is 37.3 Å². The summed E-state index contributed by atoms with van der Waals surface area (Å²) in [6.07, 6.45) is -5.71. The van der Waals surface area contributed by atoms with Crippen molar-refractivity contribution in [2.45, 2.75) is 128 Å².